The van der Waals surface area contributed by atoms with Crippen molar-refractivity contribution in [3.63, 3.8) is 0 Å². The summed E-state index contributed by atoms with van der Waals surface area (Å²) in [5.41, 5.74) is 2.67. The molecule has 0 unspecified atom stereocenters. The maximum atomic E-state index is 13.6. The van der Waals surface area contributed by atoms with Crippen molar-refractivity contribution < 1.29 is 8.91 Å². The van der Waals surface area contributed by atoms with E-state index in [-0.39, 0.29) is 5.82 Å². The van der Waals surface area contributed by atoms with E-state index in [1.807, 2.05) is 0 Å². The van der Waals surface area contributed by atoms with Gasteiger partial charge in [0.05, 0.1) is 11.4 Å². The summed E-state index contributed by atoms with van der Waals surface area (Å²) in [5, 5.41) is 15.9. The lowest BCUT2D eigenvalue weighted by Crippen LogP contribution is -2.01. The van der Waals surface area contributed by atoms with Gasteiger partial charge in [-0.2, -0.15) is 0 Å². The summed E-state index contributed by atoms with van der Waals surface area (Å²) in [6.45, 7) is 0. The predicted octanol–water partition coefficient (Wildman–Crippen LogP) is 4.58. The van der Waals surface area contributed by atoms with Crippen LogP contribution in [-0.4, -0.2) is 15.4 Å². The zero-order valence-electron chi connectivity index (χ0n) is 12.8. The molecule has 8 heteroatoms. The van der Waals surface area contributed by atoms with Gasteiger partial charge in [-0.25, -0.2) is 4.39 Å². The van der Waals surface area contributed by atoms with Gasteiger partial charge in [-0.05, 0) is 31.4 Å². The Morgan fingerprint density at radius 3 is 3.00 bits per heavy atom. The largest absolute Gasteiger partial charge is 0.361 e. The number of anilines is 2. The minimum absolute atomic E-state index is 0.309. The van der Waals surface area contributed by atoms with Crippen LogP contribution in [0.2, 0.25) is 0 Å². The number of halogens is 1. The van der Waals surface area contributed by atoms with Crippen molar-refractivity contribution in [3.05, 3.63) is 47.1 Å². The minimum Gasteiger partial charge on any atom is -0.361 e. The molecule has 2 heterocycles. The Morgan fingerprint density at radius 2 is 2.08 bits per heavy atom. The first-order valence-electron chi connectivity index (χ1n) is 7.74. The van der Waals surface area contributed by atoms with Crippen molar-refractivity contribution in [1.82, 2.24) is 15.4 Å². The van der Waals surface area contributed by atoms with Crippen molar-refractivity contribution in [2.75, 3.05) is 5.32 Å². The fraction of sp³-hybridized carbons (Fsp3) is 0.312. The molecule has 5 nitrogen and oxygen atoms in total. The van der Waals surface area contributed by atoms with Gasteiger partial charge in [0, 0.05) is 17.7 Å². The molecule has 0 saturated carbocycles. The highest BCUT2D eigenvalue weighted by Crippen LogP contribution is 2.32. The molecular formula is C16H15FN4OS2. The van der Waals surface area contributed by atoms with Crippen LogP contribution >= 0.6 is 23.1 Å². The Hall–Kier alpha value is -1.93. The summed E-state index contributed by atoms with van der Waals surface area (Å²) in [5.74, 6) is 1.44. The molecule has 2 aromatic heterocycles. The summed E-state index contributed by atoms with van der Waals surface area (Å²) < 4.78 is 19.9. The zero-order valence-corrected chi connectivity index (χ0v) is 14.4. The van der Waals surface area contributed by atoms with Crippen LogP contribution in [-0.2, 0) is 18.6 Å². The number of thioether (sulfide) groups is 1. The lowest BCUT2D eigenvalue weighted by molar-refractivity contribution is 0.369. The summed E-state index contributed by atoms with van der Waals surface area (Å²) in [6, 6.07) is 6.51. The lowest BCUT2D eigenvalue weighted by atomic mass is 9.97. The number of nitrogens with one attached hydrogen (secondary N) is 1. The van der Waals surface area contributed by atoms with E-state index in [9.17, 15) is 4.39 Å². The van der Waals surface area contributed by atoms with Gasteiger partial charge in [0.2, 0.25) is 5.13 Å². The summed E-state index contributed by atoms with van der Waals surface area (Å²) in [7, 11) is 0. The highest BCUT2D eigenvalue weighted by molar-refractivity contribution is 8.00. The SMILES string of the molecule is Fc1ccccc1Nc1nnc(SCc2noc3c2CCCC3)s1. The molecule has 0 saturated heterocycles. The third-order valence-corrected chi connectivity index (χ3v) is 5.87. The molecule has 0 radical (unpaired) electrons. The van der Waals surface area contributed by atoms with Gasteiger partial charge >= 0.3 is 0 Å². The summed E-state index contributed by atoms with van der Waals surface area (Å²) in [6.07, 6.45) is 4.41. The van der Waals surface area contributed by atoms with E-state index >= 15 is 0 Å². The molecule has 0 amide bonds. The molecule has 0 spiro atoms. The first kappa shape index (κ1) is 15.6. The Labute approximate surface area is 146 Å². The second-order valence-electron chi connectivity index (χ2n) is 5.50. The fourth-order valence-corrected chi connectivity index (χ4v) is 4.41. The smallest absolute Gasteiger partial charge is 0.210 e. The maximum Gasteiger partial charge on any atom is 0.210 e. The molecule has 4 rings (SSSR count). The van der Waals surface area contributed by atoms with Crippen LogP contribution in [0.1, 0.15) is 29.9 Å². The zero-order chi connectivity index (χ0) is 16.4. The van der Waals surface area contributed by atoms with E-state index in [0.29, 0.717) is 16.6 Å². The Bertz CT molecular complexity index is 848. The van der Waals surface area contributed by atoms with Gasteiger partial charge in [-0.3, -0.25) is 0 Å². The molecule has 0 aliphatic heterocycles. The van der Waals surface area contributed by atoms with Crippen LogP contribution in [0.25, 0.3) is 0 Å². The predicted molar refractivity (Wildman–Crippen MR) is 92.3 cm³/mol. The van der Waals surface area contributed by atoms with Crippen LogP contribution < -0.4 is 5.32 Å². The van der Waals surface area contributed by atoms with Crippen molar-refractivity contribution in [2.45, 2.75) is 35.8 Å². The molecule has 1 aliphatic carbocycles. The number of hydrogen-bond acceptors (Lipinski definition) is 7. The van der Waals surface area contributed by atoms with Gasteiger partial charge in [0.15, 0.2) is 4.34 Å². The monoisotopic (exact) mass is 362 g/mol. The van der Waals surface area contributed by atoms with E-state index in [4.69, 9.17) is 4.52 Å². The Morgan fingerprint density at radius 1 is 1.21 bits per heavy atom. The minimum atomic E-state index is -0.309. The average molecular weight is 362 g/mol. The molecule has 0 bridgehead atoms. The molecule has 0 atom stereocenters. The van der Waals surface area contributed by atoms with Crippen LogP contribution in [0.4, 0.5) is 15.2 Å². The highest BCUT2D eigenvalue weighted by atomic mass is 32.2. The highest BCUT2D eigenvalue weighted by Gasteiger charge is 2.19. The number of aromatic nitrogens is 3. The number of hydrogen-bond donors (Lipinski definition) is 1. The van der Waals surface area contributed by atoms with E-state index in [2.05, 4.69) is 20.7 Å². The third kappa shape index (κ3) is 3.29. The van der Waals surface area contributed by atoms with Crippen molar-refractivity contribution in [1.29, 1.82) is 0 Å². The van der Waals surface area contributed by atoms with E-state index < -0.39 is 0 Å². The number of rotatable bonds is 5. The average Bonchev–Trinajstić information content (AvgIpc) is 3.22. The van der Waals surface area contributed by atoms with Gasteiger partial charge in [-0.15, -0.1) is 10.2 Å². The maximum absolute atomic E-state index is 13.6. The third-order valence-electron chi connectivity index (χ3n) is 3.89. The van der Waals surface area contributed by atoms with E-state index in [1.54, 1.807) is 30.0 Å². The normalized spacial score (nSPS) is 13.7. The molecule has 1 aliphatic rings. The molecular weight excluding hydrogens is 347 g/mol. The number of fused-ring (bicyclic) bond motifs is 1. The molecule has 0 fully saturated rings. The van der Waals surface area contributed by atoms with Gasteiger partial charge in [0.1, 0.15) is 11.6 Å². The second kappa shape index (κ2) is 6.90. The Balaban J connectivity index is 1.41. The molecule has 3 aromatic rings. The van der Waals surface area contributed by atoms with Crippen LogP contribution in [0.3, 0.4) is 0 Å². The molecule has 24 heavy (non-hydrogen) atoms. The number of aryl methyl sites for hydroxylation is 1. The van der Waals surface area contributed by atoms with E-state index in [0.717, 1.165) is 28.6 Å². The topological polar surface area (TPSA) is 63.8 Å². The number of nitrogens with zero attached hydrogens (tertiary/aromatic N) is 3. The van der Waals surface area contributed by atoms with Crippen LogP contribution in [0, 0.1) is 5.82 Å². The first-order chi connectivity index (χ1) is 11.8. The molecule has 1 aromatic carbocycles. The molecule has 1 N–H and O–H groups in total. The summed E-state index contributed by atoms with van der Waals surface area (Å²) >= 11 is 2.98. The van der Waals surface area contributed by atoms with Gasteiger partial charge in [0.25, 0.3) is 0 Å². The number of para-hydroxylation sites is 1. The van der Waals surface area contributed by atoms with Crippen molar-refractivity contribution in [2.24, 2.45) is 0 Å². The summed E-state index contributed by atoms with van der Waals surface area (Å²) in [4.78, 5) is 0. The standard InChI is InChI=1S/C16H15FN4OS2/c17-11-6-2-3-7-12(11)18-15-19-20-16(24-15)23-9-13-10-5-1-4-8-14(10)22-21-13/h2-3,6-7H,1,4-5,8-9H2,(H,18,19). The quantitative estimate of drug-likeness (QED) is 0.670. The van der Waals surface area contributed by atoms with Crippen LogP contribution in [0.5, 0.6) is 0 Å². The van der Waals surface area contributed by atoms with Gasteiger partial charge in [-0.1, -0.05) is 40.4 Å². The van der Waals surface area contributed by atoms with Gasteiger partial charge < -0.3 is 9.84 Å². The fourth-order valence-electron chi connectivity index (χ4n) is 2.69. The van der Waals surface area contributed by atoms with Crippen molar-refractivity contribution >= 4 is 33.9 Å². The first-order valence-corrected chi connectivity index (χ1v) is 9.54. The van der Waals surface area contributed by atoms with E-state index in [1.165, 1.54) is 35.8 Å². The lowest BCUT2D eigenvalue weighted by Gasteiger charge is -2.08. The van der Waals surface area contributed by atoms with Crippen LogP contribution in [0.15, 0.2) is 33.1 Å². The number of benzene rings is 1. The second-order valence-corrected chi connectivity index (χ2v) is 7.70. The molecule has 124 valence electrons. The van der Waals surface area contributed by atoms with Crippen molar-refractivity contribution in [3.8, 4) is 0 Å². The Kier molecular flexibility index (Phi) is 4.48.